The van der Waals surface area contributed by atoms with Crippen LogP contribution in [0, 0.1) is 0 Å². The first-order valence-electron chi connectivity index (χ1n) is 9.53. The van der Waals surface area contributed by atoms with Crippen LogP contribution in [0.5, 0.6) is 5.75 Å². The summed E-state index contributed by atoms with van der Waals surface area (Å²) in [6.07, 6.45) is 2.17. The molecule has 0 spiro atoms. The van der Waals surface area contributed by atoms with E-state index in [1.54, 1.807) is 0 Å². The fourth-order valence-electron chi connectivity index (χ4n) is 2.98. The molecule has 28 heavy (non-hydrogen) atoms. The molecule has 3 rings (SSSR count). The number of hydrogen-bond donors (Lipinski definition) is 1. The maximum absolute atomic E-state index is 6.08. The van der Waals surface area contributed by atoms with Crippen LogP contribution in [0.15, 0.2) is 77.3 Å². The van der Waals surface area contributed by atoms with Gasteiger partial charge in [0.25, 0.3) is 0 Å². The molecule has 0 aliphatic rings. The lowest BCUT2D eigenvalue weighted by atomic mass is 10.1. The molecule has 4 heteroatoms. The van der Waals surface area contributed by atoms with Gasteiger partial charge in [-0.3, -0.25) is 0 Å². The zero-order valence-corrected chi connectivity index (χ0v) is 18.3. The van der Waals surface area contributed by atoms with Crippen molar-refractivity contribution < 1.29 is 4.74 Å². The third-order valence-corrected chi connectivity index (χ3v) is 5.43. The molecule has 3 aromatic rings. The lowest BCUT2D eigenvalue weighted by Gasteiger charge is -2.17. The number of nitrogens with one attached hydrogen (secondary N) is 1. The molecule has 0 saturated carbocycles. The smallest absolute Gasteiger partial charge is 0.124 e. The highest BCUT2D eigenvalue weighted by Gasteiger charge is 2.08. The summed E-state index contributed by atoms with van der Waals surface area (Å²) in [7, 11) is 0. The maximum atomic E-state index is 6.08. The summed E-state index contributed by atoms with van der Waals surface area (Å²) in [5.74, 6) is 0.904. The number of ether oxygens (including phenoxy) is 1. The maximum Gasteiger partial charge on any atom is 0.124 e. The van der Waals surface area contributed by atoms with Gasteiger partial charge in [0.05, 0.1) is 0 Å². The van der Waals surface area contributed by atoms with E-state index in [0.29, 0.717) is 12.6 Å². The molecule has 0 aliphatic heterocycles. The minimum absolute atomic E-state index is 0.420. The summed E-state index contributed by atoms with van der Waals surface area (Å²) in [5, 5.41) is 4.36. The van der Waals surface area contributed by atoms with E-state index in [4.69, 9.17) is 16.3 Å². The van der Waals surface area contributed by atoms with Gasteiger partial charge >= 0.3 is 0 Å². The lowest BCUT2D eigenvalue weighted by Crippen LogP contribution is -2.26. The highest BCUT2D eigenvalue weighted by atomic mass is 79.9. The van der Waals surface area contributed by atoms with Crippen molar-refractivity contribution in [1.29, 1.82) is 0 Å². The molecule has 0 bridgehead atoms. The van der Waals surface area contributed by atoms with Gasteiger partial charge in [0.1, 0.15) is 12.4 Å². The molecular formula is C24H25BrClNO. The second-order valence-corrected chi connectivity index (χ2v) is 8.33. The van der Waals surface area contributed by atoms with Crippen LogP contribution in [0.4, 0.5) is 0 Å². The summed E-state index contributed by atoms with van der Waals surface area (Å²) in [6.45, 7) is 3.52. The van der Waals surface area contributed by atoms with Crippen LogP contribution < -0.4 is 10.1 Å². The first-order valence-corrected chi connectivity index (χ1v) is 10.7. The van der Waals surface area contributed by atoms with Crippen LogP contribution in [0.3, 0.4) is 0 Å². The number of hydrogen-bond acceptors (Lipinski definition) is 2. The Morgan fingerprint density at radius 3 is 2.46 bits per heavy atom. The SMILES string of the molecule is C[C@H](CCc1ccccc1)NCc1cc(Br)ccc1OCc1ccc(Cl)cc1. The molecule has 0 saturated heterocycles. The Labute approximate surface area is 181 Å². The molecule has 0 fully saturated rings. The number of halogens is 2. The summed E-state index contributed by atoms with van der Waals surface area (Å²) < 4.78 is 7.13. The van der Waals surface area contributed by atoms with E-state index in [9.17, 15) is 0 Å². The van der Waals surface area contributed by atoms with Crippen molar-refractivity contribution in [3.63, 3.8) is 0 Å². The highest BCUT2D eigenvalue weighted by molar-refractivity contribution is 9.10. The molecule has 0 aliphatic carbocycles. The fourth-order valence-corrected chi connectivity index (χ4v) is 3.52. The monoisotopic (exact) mass is 457 g/mol. The van der Waals surface area contributed by atoms with E-state index in [0.717, 1.165) is 45.8 Å². The second kappa shape index (κ2) is 10.7. The molecule has 1 N–H and O–H groups in total. The molecule has 2 nitrogen and oxygen atoms in total. The van der Waals surface area contributed by atoms with Gasteiger partial charge in [0, 0.05) is 27.6 Å². The minimum Gasteiger partial charge on any atom is -0.489 e. The highest BCUT2D eigenvalue weighted by Crippen LogP contribution is 2.24. The zero-order chi connectivity index (χ0) is 19.8. The van der Waals surface area contributed by atoms with E-state index in [1.165, 1.54) is 5.56 Å². The number of rotatable bonds is 9. The van der Waals surface area contributed by atoms with E-state index in [2.05, 4.69) is 64.6 Å². The van der Waals surface area contributed by atoms with Crippen molar-refractivity contribution >= 4 is 27.5 Å². The van der Waals surface area contributed by atoms with Gasteiger partial charge in [0.15, 0.2) is 0 Å². The van der Waals surface area contributed by atoms with Crippen molar-refractivity contribution in [1.82, 2.24) is 5.32 Å². The summed E-state index contributed by atoms with van der Waals surface area (Å²) in [5.41, 5.74) is 3.63. The normalized spacial score (nSPS) is 12.0. The number of aryl methyl sites for hydroxylation is 1. The van der Waals surface area contributed by atoms with Crippen LogP contribution in [0.2, 0.25) is 5.02 Å². The van der Waals surface area contributed by atoms with Crippen LogP contribution in [0.1, 0.15) is 30.0 Å². The van der Waals surface area contributed by atoms with Crippen molar-refractivity contribution in [3.8, 4) is 5.75 Å². The average Bonchev–Trinajstić information content (AvgIpc) is 2.72. The Kier molecular flexibility index (Phi) is 7.96. The Morgan fingerprint density at radius 1 is 0.964 bits per heavy atom. The summed E-state index contributed by atoms with van der Waals surface area (Å²) >= 11 is 9.52. The Morgan fingerprint density at radius 2 is 1.71 bits per heavy atom. The average molecular weight is 459 g/mol. The van der Waals surface area contributed by atoms with Crippen LogP contribution in [0.25, 0.3) is 0 Å². The molecule has 0 amide bonds. The zero-order valence-electron chi connectivity index (χ0n) is 16.0. The topological polar surface area (TPSA) is 21.3 Å². The Bertz CT molecular complexity index is 868. The fraction of sp³-hybridized carbons (Fsp3) is 0.250. The van der Waals surface area contributed by atoms with Gasteiger partial charge < -0.3 is 10.1 Å². The molecule has 0 radical (unpaired) electrons. The number of benzene rings is 3. The van der Waals surface area contributed by atoms with E-state index >= 15 is 0 Å². The van der Waals surface area contributed by atoms with Crippen molar-refractivity contribution in [2.75, 3.05) is 0 Å². The molecule has 0 heterocycles. The lowest BCUT2D eigenvalue weighted by molar-refractivity contribution is 0.301. The van der Waals surface area contributed by atoms with E-state index in [-0.39, 0.29) is 0 Å². The van der Waals surface area contributed by atoms with Gasteiger partial charge in [-0.1, -0.05) is 70.0 Å². The predicted molar refractivity (Wildman–Crippen MR) is 121 cm³/mol. The molecule has 0 unspecified atom stereocenters. The first kappa shape index (κ1) is 20.9. The Hall–Kier alpha value is -1.81. The van der Waals surface area contributed by atoms with Gasteiger partial charge in [0.2, 0.25) is 0 Å². The summed E-state index contributed by atoms with van der Waals surface area (Å²) in [4.78, 5) is 0. The van der Waals surface area contributed by atoms with Crippen molar-refractivity contribution in [3.05, 3.63) is 99.0 Å². The Balaban J connectivity index is 1.55. The predicted octanol–water partition coefficient (Wildman–Crippen LogP) is 6.79. The largest absolute Gasteiger partial charge is 0.489 e. The van der Waals surface area contributed by atoms with Gasteiger partial charge in [-0.15, -0.1) is 0 Å². The van der Waals surface area contributed by atoms with Crippen molar-refractivity contribution in [2.24, 2.45) is 0 Å². The third-order valence-electron chi connectivity index (χ3n) is 4.68. The van der Waals surface area contributed by atoms with Gasteiger partial charge in [-0.25, -0.2) is 0 Å². The van der Waals surface area contributed by atoms with Crippen molar-refractivity contribution in [2.45, 2.75) is 39.0 Å². The van der Waals surface area contributed by atoms with Crippen LogP contribution in [-0.2, 0) is 19.6 Å². The molecule has 0 aromatic heterocycles. The van der Waals surface area contributed by atoms with E-state index in [1.807, 2.05) is 36.4 Å². The standard InChI is InChI=1S/C24H25BrClNO/c1-18(7-8-19-5-3-2-4-6-19)27-16-21-15-22(25)11-14-24(21)28-17-20-9-12-23(26)13-10-20/h2-6,9-15,18,27H,7-8,16-17H2,1H3/t18-/m1/s1. The minimum atomic E-state index is 0.420. The summed E-state index contributed by atoms with van der Waals surface area (Å²) in [6, 6.07) is 24.9. The molecule has 1 atom stereocenters. The second-order valence-electron chi connectivity index (χ2n) is 6.97. The third kappa shape index (κ3) is 6.66. The molecule has 146 valence electrons. The van der Waals surface area contributed by atoms with Crippen LogP contribution >= 0.6 is 27.5 Å². The molecular weight excluding hydrogens is 434 g/mol. The molecule has 3 aromatic carbocycles. The quantitative estimate of drug-likeness (QED) is 0.381. The van der Waals surface area contributed by atoms with Gasteiger partial charge in [-0.05, 0) is 61.2 Å². The van der Waals surface area contributed by atoms with Gasteiger partial charge in [-0.2, -0.15) is 0 Å². The first-order chi connectivity index (χ1) is 13.6. The van der Waals surface area contributed by atoms with E-state index < -0.39 is 0 Å². The van der Waals surface area contributed by atoms with Crippen LogP contribution in [-0.4, -0.2) is 6.04 Å².